The monoisotopic (exact) mass is 418 g/mol. The quantitative estimate of drug-likeness (QED) is 0.530. The number of nitrogens with one attached hydrogen (secondary N) is 1. The summed E-state index contributed by atoms with van der Waals surface area (Å²) in [6, 6.07) is 12.0. The van der Waals surface area contributed by atoms with Gasteiger partial charge in [0.25, 0.3) is 5.91 Å². The Bertz CT molecular complexity index is 963. The molecule has 0 aliphatic carbocycles. The molecule has 0 radical (unpaired) electrons. The number of hydrogen-bond acceptors (Lipinski definition) is 4. The molecule has 2 aromatic carbocycles. The van der Waals surface area contributed by atoms with Crippen molar-refractivity contribution in [1.29, 1.82) is 0 Å². The number of carbonyl (C=O) groups excluding carboxylic acids is 1. The first-order valence-electron chi connectivity index (χ1n) is 9.11. The molecular weight excluding hydrogens is 398 g/mol. The third kappa shape index (κ3) is 4.54. The maximum atomic E-state index is 13.0. The van der Waals surface area contributed by atoms with Gasteiger partial charge in [0.15, 0.2) is 16.6 Å². The third-order valence-corrected chi connectivity index (χ3v) is 4.57. The molecule has 1 N–H and O–H groups in total. The number of ether oxygens (including phenoxy) is 2. The van der Waals surface area contributed by atoms with Crippen LogP contribution in [0.2, 0.25) is 0 Å². The van der Waals surface area contributed by atoms with Gasteiger partial charge in [0, 0.05) is 0 Å². The largest absolute Gasteiger partial charge is 0.490 e. The van der Waals surface area contributed by atoms with Crippen LogP contribution in [-0.2, 0) is 11.2 Å². The van der Waals surface area contributed by atoms with Crippen LogP contribution in [0.3, 0.4) is 0 Å². The molecule has 152 valence electrons. The van der Waals surface area contributed by atoms with Gasteiger partial charge in [-0.15, -0.1) is 0 Å². The van der Waals surface area contributed by atoms with Crippen molar-refractivity contribution in [3.63, 3.8) is 0 Å². The van der Waals surface area contributed by atoms with Gasteiger partial charge in [0.2, 0.25) is 0 Å². The highest BCUT2D eigenvalue weighted by Crippen LogP contribution is 2.31. The Labute approximate surface area is 172 Å². The van der Waals surface area contributed by atoms with E-state index in [-0.39, 0.29) is 34.8 Å². The molecule has 0 bridgehead atoms. The Morgan fingerprint density at radius 3 is 2.62 bits per heavy atom. The molecule has 1 amide bonds. The zero-order valence-corrected chi connectivity index (χ0v) is 16.8. The predicted octanol–water partition coefficient (Wildman–Crippen LogP) is 4.51. The van der Waals surface area contributed by atoms with Crippen molar-refractivity contribution in [2.75, 3.05) is 11.5 Å². The van der Waals surface area contributed by atoms with Crippen LogP contribution in [0.1, 0.15) is 25.0 Å². The fraction of sp³-hybridized carbons (Fsp3) is 0.238. The van der Waals surface area contributed by atoms with Crippen molar-refractivity contribution < 1.29 is 23.0 Å². The number of aryl methyl sites for hydroxylation is 1. The standard InChI is InChI=1S/C21H20F2N2O3S/c1-3-14-7-5-6-8-16(14)25-19(26)15(24-21(25)29)11-13-9-10-17(28-20(22)23)18(12-13)27-4-2/h5-12,20H,3-4H2,1-2H3,(H,24,29)/b15-11+. The Hall–Kier alpha value is -3.00. The lowest BCUT2D eigenvalue weighted by Gasteiger charge is -2.17. The van der Waals surface area contributed by atoms with Gasteiger partial charge in [-0.25, -0.2) is 0 Å². The smallest absolute Gasteiger partial charge is 0.387 e. The summed E-state index contributed by atoms with van der Waals surface area (Å²) >= 11 is 5.36. The average Bonchev–Trinajstić information content (AvgIpc) is 2.96. The first kappa shape index (κ1) is 20.7. The topological polar surface area (TPSA) is 50.8 Å². The summed E-state index contributed by atoms with van der Waals surface area (Å²) in [5.74, 6) is -0.186. The van der Waals surface area contributed by atoms with E-state index < -0.39 is 6.61 Å². The van der Waals surface area contributed by atoms with Gasteiger partial charge in [-0.05, 0) is 61.0 Å². The summed E-state index contributed by atoms with van der Waals surface area (Å²) in [5, 5.41) is 3.21. The molecular formula is C21H20F2N2O3S. The summed E-state index contributed by atoms with van der Waals surface area (Å²) in [7, 11) is 0. The number of nitrogens with zero attached hydrogens (tertiary/aromatic N) is 1. The molecule has 1 saturated heterocycles. The number of amides is 1. The number of benzene rings is 2. The van der Waals surface area contributed by atoms with Gasteiger partial charge in [0.1, 0.15) is 5.70 Å². The van der Waals surface area contributed by atoms with Crippen LogP contribution in [0, 0.1) is 0 Å². The van der Waals surface area contributed by atoms with Crippen molar-refractivity contribution in [3.8, 4) is 11.5 Å². The number of halogens is 2. The zero-order valence-electron chi connectivity index (χ0n) is 15.9. The zero-order chi connectivity index (χ0) is 21.0. The second-order valence-corrected chi connectivity index (χ2v) is 6.52. The molecule has 5 nitrogen and oxygen atoms in total. The number of rotatable bonds is 7. The minimum absolute atomic E-state index is 0.0660. The first-order chi connectivity index (χ1) is 13.9. The van der Waals surface area contributed by atoms with Gasteiger partial charge in [-0.3, -0.25) is 9.69 Å². The number of anilines is 1. The Balaban J connectivity index is 1.92. The van der Waals surface area contributed by atoms with E-state index >= 15 is 0 Å². The lowest BCUT2D eigenvalue weighted by Crippen LogP contribution is -2.31. The molecule has 0 atom stereocenters. The van der Waals surface area contributed by atoms with E-state index in [9.17, 15) is 13.6 Å². The molecule has 0 unspecified atom stereocenters. The lowest BCUT2D eigenvalue weighted by molar-refractivity contribution is -0.113. The second-order valence-electron chi connectivity index (χ2n) is 6.13. The SMILES string of the molecule is CCOc1cc(/C=C2/NC(=S)N(c3ccccc3CC)C2=O)ccc1OC(F)F. The van der Waals surface area contributed by atoms with E-state index in [1.165, 1.54) is 17.0 Å². The van der Waals surface area contributed by atoms with Crippen molar-refractivity contribution in [2.45, 2.75) is 26.9 Å². The molecule has 1 aliphatic rings. The number of para-hydroxylation sites is 1. The normalized spacial score (nSPS) is 15.2. The minimum Gasteiger partial charge on any atom is -0.490 e. The molecule has 1 aliphatic heterocycles. The highest BCUT2D eigenvalue weighted by Gasteiger charge is 2.33. The summed E-state index contributed by atoms with van der Waals surface area (Å²) in [5.41, 5.74) is 2.60. The molecule has 2 aromatic rings. The van der Waals surface area contributed by atoms with E-state index in [2.05, 4.69) is 10.1 Å². The number of alkyl halides is 2. The Kier molecular flexibility index (Phi) is 6.43. The van der Waals surface area contributed by atoms with E-state index in [4.69, 9.17) is 17.0 Å². The van der Waals surface area contributed by atoms with Crippen molar-refractivity contribution in [2.24, 2.45) is 0 Å². The number of carbonyl (C=O) groups is 1. The van der Waals surface area contributed by atoms with Crippen molar-refractivity contribution >= 4 is 35.0 Å². The maximum absolute atomic E-state index is 13.0. The lowest BCUT2D eigenvalue weighted by atomic mass is 10.1. The number of hydrogen-bond donors (Lipinski definition) is 1. The summed E-state index contributed by atoms with van der Waals surface area (Å²) in [6.07, 6.45) is 2.35. The van der Waals surface area contributed by atoms with Gasteiger partial charge in [0.05, 0.1) is 12.3 Å². The van der Waals surface area contributed by atoms with E-state index in [1.807, 2.05) is 31.2 Å². The summed E-state index contributed by atoms with van der Waals surface area (Å²) in [6.45, 7) is 1.06. The first-order valence-corrected chi connectivity index (χ1v) is 9.52. The van der Waals surface area contributed by atoms with Gasteiger partial charge in [-0.2, -0.15) is 8.78 Å². The minimum atomic E-state index is -2.96. The molecule has 1 fully saturated rings. The maximum Gasteiger partial charge on any atom is 0.387 e. The molecule has 1 heterocycles. The summed E-state index contributed by atoms with van der Waals surface area (Å²) in [4.78, 5) is 14.4. The van der Waals surface area contributed by atoms with Crippen LogP contribution in [0.4, 0.5) is 14.5 Å². The van der Waals surface area contributed by atoms with Gasteiger partial charge >= 0.3 is 6.61 Å². The fourth-order valence-electron chi connectivity index (χ4n) is 3.02. The average molecular weight is 418 g/mol. The number of thiocarbonyl (C=S) groups is 1. The predicted molar refractivity (Wildman–Crippen MR) is 111 cm³/mol. The van der Waals surface area contributed by atoms with Crippen LogP contribution in [0.25, 0.3) is 6.08 Å². The molecule has 0 aromatic heterocycles. The van der Waals surface area contributed by atoms with Crippen LogP contribution in [0.5, 0.6) is 11.5 Å². The Morgan fingerprint density at radius 2 is 1.93 bits per heavy atom. The molecule has 0 saturated carbocycles. The van der Waals surface area contributed by atoms with Gasteiger partial charge < -0.3 is 14.8 Å². The van der Waals surface area contributed by atoms with Crippen molar-refractivity contribution in [3.05, 3.63) is 59.3 Å². The van der Waals surface area contributed by atoms with Crippen molar-refractivity contribution in [1.82, 2.24) is 5.32 Å². The van der Waals surface area contributed by atoms with Crippen LogP contribution in [-0.4, -0.2) is 24.2 Å². The van der Waals surface area contributed by atoms with E-state index in [0.29, 0.717) is 5.56 Å². The molecule has 0 spiro atoms. The molecule has 29 heavy (non-hydrogen) atoms. The summed E-state index contributed by atoms with van der Waals surface area (Å²) < 4.78 is 35.0. The van der Waals surface area contributed by atoms with Crippen LogP contribution >= 0.6 is 12.2 Å². The van der Waals surface area contributed by atoms with Crippen LogP contribution in [0.15, 0.2) is 48.2 Å². The van der Waals surface area contributed by atoms with E-state index in [0.717, 1.165) is 17.7 Å². The molecule has 8 heteroatoms. The highest BCUT2D eigenvalue weighted by molar-refractivity contribution is 7.80. The third-order valence-electron chi connectivity index (χ3n) is 4.29. The van der Waals surface area contributed by atoms with Gasteiger partial charge in [-0.1, -0.05) is 31.2 Å². The fourth-order valence-corrected chi connectivity index (χ4v) is 3.32. The second kappa shape index (κ2) is 9.00. The Morgan fingerprint density at radius 1 is 1.17 bits per heavy atom. The highest BCUT2D eigenvalue weighted by atomic mass is 32.1. The molecule has 3 rings (SSSR count). The van der Waals surface area contributed by atoms with Crippen LogP contribution < -0.4 is 19.7 Å². The van der Waals surface area contributed by atoms with E-state index in [1.54, 1.807) is 19.1 Å².